The Balaban J connectivity index is 2.32. The lowest BCUT2D eigenvalue weighted by atomic mass is 9.92. The molecule has 19 heavy (non-hydrogen) atoms. The van der Waals surface area contributed by atoms with E-state index in [0.29, 0.717) is 6.04 Å². The maximum atomic E-state index is 6.01. The lowest BCUT2D eigenvalue weighted by Gasteiger charge is -2.21. The highest BCUT2D eigenvalue weighted by atomic mass is 35.5. The molecule has 2 rings (SSSR count). The minimum absolute atomic E-state index is 0.343. The summed E-state index contributed by atoms with van der Waals surface area (Å²) in [5.74, 6) is 0. The minimum Gasteiger partial charge on any atom is -0.313 e. The average Bonchev–Trinajstić information content (AvgIpc) is 2.72. The molecule has 1 unspecified atom stereocenters. The Kier molecular flexibility index (Phi) is 4.67. The van der Waals surface area contributed by atoms with Crippen molar-refractivity contribution in [1.82, 2.24) is 5.32 Å². The SMILES string of the molecule is CNC(Cc1ccc(Cl)s1)c1c(C)cc(C)cc1C. The average molecular weight is 294 g/mol. The number of likely N-dealkylation sites (N-methyl/N-ethyl adjacent to an activating group) is 1. The van der Waals surface area contributed by atoms with Gasteiger partial charge in [0.1, 0.15) is 0 Å². The van der Waals surface area contributed by atoms with Crippen LogP contribution >= 0.6 is 22.9 Å². The molecule has 0 saturated heterocycles. The van der Waals surface area contributed by atoms with Crippen molar-refractivity contribution in [1.29, 1.82) is 0 Å². The molecule has 1 aromatic carbocycles. The van der Waals surface area contributed by atoms with Crippen molar-refractivity contribution >= 4 is 22.9 Å². The van der Waals surface area contributed by atoms with Crippen LogP contribution in [0.4, 0.5) is 0 Å². The Morgan fingerprint density at radius 1 is 1.16 bits per heavy atom. The lowest BCUT2D eigenvalue weighted by Crippen LogP contribution is -2.20. The third-order valence-electron chi connectivity index (χ3n) is 3.47. The summed E-state index contributed by atoms with van der Waals surface area (Å²) >= 11 is 7.68. The summed E-state index contributed by atoms with van der Waals surface area (Å²) < 4.78 is 0.863. The lowest BCUT2D eigenvalue weighted by molar-refractivity contribution is 0.590. The minimum atomic E-state index is 0.343. The van der Waals surface area contributed by atoms with Crippen LogP contribution in [0.1, 0.15) is 33.2 Å². The fourth-order valence-corrected chi connectivity index (χ4v) is 3.88. The number of hydrogen-bond donors (Lipinski definition) is 1. The van der Waals surface area contributed by atoms with Crippen molar-refractivity contribution in [3.63, 3.8) is 0 Å². The van der Waals surface area contributed by atoms with Crippen molar-refractivity contribution in [3.05, 3.63) is 55.7 Å². The van der Waals surface area contributed by atoms with Crippen LogP contribution in [0, 0.1) is 20.8 Å². The summed E-state index contributed by atoms with van der Waals surface area (Å²) in [7, 11) is 2.03. The highest BCUT2D eigenvalue weighted by molar-refractivity contribution is 7.16. The van der Waals surface area contributed by atoms with E-state index in [4.69, 9.17) is 11.6 Å². The molecule has 0 fully saturated rings. The maximum Gasteiger partial charge on any atom is 0.0931 e. The predicted octanol–water partition coefficient (Wildman–Crippen LogP) is 4.83. The third-order valence-corrected chi connectivity index (χ3v) is 4.72. The Morgan fingerprint density at radius 2 is 1.79 bits per heavy atom. The maximum absolute atomic E-state index is 6.01. The van der Waals surface area contributed by atoms with E-state index in [1.165, 1.54) is 27.1 Å². The molecule has 1 N–H and O–H groups in total. The van der Waals surface area contributed by atoms with E-state index in [0.717, 1.165) is 10.8 Å². The van der Waals surface area contributed by atoms with Crippen molar-refractivity contribution in [2.24, 2.45) is 0 Å². The number of benzene rings is 1. The second-order valence-corrected chi connectivity index (χ2v) is 6.86. The fraction of sp³-hybridized carbons (Fsp3) is 0.375. The van der Waals surface area contributed by atoms with Gasteiger partial charge < -0.3 is 5.32 Å². The summed E-state index contributed by atoms with van der Waals surface area (Å²) in [6.45, 7) is 6.54. The molecule has 0 aliphatic rings. The van der Waals surface area contributed by atoms with E-state index in [2.05, 4.69) is 44.3 Å². The van der Waals surface area contributed by atoms with Crippen LogP contribution in [0.5, 0.6) is 0 Å². The first-order chi connectivity index (χ1) is 9.01. The first-order valence-electron chi connectivity index (χ1n) is 6.50. The normalized spacial score (nSPS) is 12.7. The molecule has 3 heteroatoms. The molecule has 0 aliphatic carbocycles. The van der Waals surface area contributed by atoms with Gasteiger partial charge in [0.05, 0.1) is 4.34 Å². The van der Waals surface area contributed by atoms with Crippen LogP contribution in [-0.4, -0.2) is 7.05 Å². The number of hydrogen-bond acceptors (Lipinski definition) is 2. The van der Waals surface area contributed by atoms with Gasteiger partial charge in [0.15, 0.2) is 0 Å². The quantitative estimate of drug-likeness (QED) is 0.851. The second-order valence-electron chi connectivity index (χ2n) is 5.06. The van der Waals surface area contributed by atoms with Gasteiger partial charge in [-0.05, 0) is 56.6 Å². The topological polar surface area (TPSA) is 12.0 Å². The van der Waals surface area contributed by atoms with Gasteiger partial charge in [0.25, 0.3) is 0 Å². The summed E-state index contributed by atoms with van der Waals surface area (Å²) in [5, 5.41) is 3.44. The fourth-order valence-electron chi connectivity index (χ4n) is 2.75. The van der Waals surface area contributed by atoms with E-state index < -0.39 is 0 Å². The summed E-state index contributed by atoms with van der Waals surface area (Å²) in [6, 6.07) is 8.96. The molecular formula is C16H20ClNS. The zero-order chi connectivity index (χ0) is 14.0. The molecule has 1 nitrogen and oxygen atoms in total. The molecule has 0 spiro atoms. The van der Waals surface area contributed by atoms with E-state index in [1.807, 2.05) is 13.1 Å². The monoisotopic (exact) mass is 293 g/mol. The molecular weight excluding hydrogens is 274 g/mol. The zero-order valence-corrected chi connectivity index (χ0v) is 13.5. The van der Waals surface area contributed by atoms with Gasteiger partial charge in [-0.25, -0.2) is 0 Å². The van der Waals surface area contributed by atoms with Crippen LogP contribution in [0.3, 0.4) is 0 Å². The number of thiophene rings is 1. The number of halogens is 1. The van der Waals surface area contributed by atoms with Gasteiger partial charge in [-0.1, -0.05) is 29.3 Å². The largest absolute Gasteiger partial charge is 0.313 e. The van der Waals surface area contributed by atoms with Gasteiger partial charge >= 0.3 is 0 Å². The highest BCUT2D eigenvalue weighted by Gasteiger charge is 2.16. The molecule has 102 valence electrons. The van der Waals surface area contributed by atoms with Gasteiger partial charge in [0, 0.05) is 17.3 Å². The molecule has 0 amide bonds. The number of nitrogens with one attached hydrogen (secondary N) is 1. The van der Waals surface area contributed by atoms with Crippen molar-refractivity contribution in [3.8, 4) is 0 Å². The molecule has 0 bridgehead atoms. The van der Waals surface area contributed by atoms with Crippen LogP contribution in [0.25, 0.3) is 0 Å². The van der Waals surface area contributed by atoms with Crippen molar-refractivity contribution in [2.75, 3.05) is 7.05 Å². The summed E-state index contributed by atoms with van der Waals surface area (Å²) in [6.07, 6.45) is 0.985. The van der Waals surface area contributed by atoms with E-state index in [1.54, 1.807) is 11.3 Å². The zero-order valence-electron chi connectivity index (χ0n) is 11.9. The molecule has 0 radical (unpaired) electrons. The molecule has 0 saturated carbocycles. The highest BCUT2D eigenvalue weighted by Crippen LogP contribution is 2.30. The van der Waals surface area contributed by atoms with Gasteiger partial charge in [0.2, 0.25) is 0 Å². The first-order valence-corrected chi connectivity index (χ1v) is 7.70. The molecule has 1 atom stereocenters. The standard InChI is InChI=1S/C16H20ClNS/c1-10-7-11(2)16(12(3)8-10)14(18-4)9-13-5-6-15(17)19-13/h5-8,14,18H,9H2,1-4H3. The second kappa shape index (κ2) is 6.08. The van der Waals surface area contributed by atoms with Gasteiger partial charge in [-0.3, -0.25) is 0 Å². The predicted molar refractivity (Wildman–Crippen MR) is 85.5 cm³/mol. The van der Waals surface area contributed by atoms with Crippen molar-refractivity contribution < 1.29 is 0 Å². The smallest absolute Gasteiger partial charge is 0.0931 e. The van der Waals surface area contributed by atoms with E-state index in [-0.39, 0.29) is 0 Å². The van der Waals surface area contributed by atoms with Crippen LogP contribution in [0.2, 0.25) is 4.34 Å². The number of rotatable bonds is 4. The van der Waals surface area contributed by atoms with Gasteiger partial charge in [-0.15, -0.1) is 11.3 Å². The summed E-state index contributed by atoms with van der Waals surface area (Å²) in [4.78, 5) is 1.32. The van der Waals surface area contributed by atoms with Crippen LogP contribution < -0.4 is 5.32 Å². The Bertz CT molecular complexity index is 551. The Hall–Kier alpha value is -0.830. The third kappa shape index (κ3) is 3.38. The van der Waals surface area contributed by atoms with E-state index in [9.17, 15) is 0 Å². The van der Waals surface area contributed by atoms with Crippen LogP contribution in [0.15, 0.2) is 24.3 Å². The van der Waals surface area contributed by atoms with Crippen LogP contribution in [-0.2, 0) is 6.42 Å². The molecule has 0 aliphatic heterocycles. The molecule has 2 aromatic rings. The first kappa shape index (κ1) is 14.6. The molecule has 1 heterocycles. The molecule has 1 aromatic heterocycles. The Labute approximate surface area is 124 Å². The van der Waals surface area contributed by atoms with Crippen molar-refractivity contribution in [2.45, 2.75) is 33.2 Å². The van der Waals surface area contributed by atoms with E-state index >= 15 is 0 Å². The van der Waals surface area contributed by atoms with Gasteiger partial charge in [-0.2, -0.15) is 0 Å². The summed E-state index contributed by atoms with van der Waals surface area (Å²) in [5.41, 5.74) is 5.46. The Morgan fingerprint density at radius 3 is 2.26 bits per heavy atom. The number of aryl methyl sites for hydroxylation is 3.